The van der Waals surface area contributed by atoms with Crippen molar-refractivity contribution in [3.05, 3.63) is 53.0 Å². The van der Waals surface area contributed by atoms with Gasteiger partial charge in [-0.15, -0.1) is 0 Å². The van der Waals surface area contributed by atoms with Crippen molar-refractivity contribution < 1.29 is 14.3 Å². The first-order valence-electron chi connectivity index (χ1n) is 15.5. The van der Waals surface area contributed by atoms with E-state index in [-0.39, 0.29) is 17.9 Å². The van der Waals surface area contributed by atoms with Gasteiger partial charge in [0.1, 0.15) is 16.9 Å². The number of piperazine rings is 1. The van der Waals surface area contributed by atoms with Gasteiger partial charge in [0.2, 0.25) is 5.91 Å². The Bertz CT molecular complexity index is 1410. The number of nitrogens with zero attached hydrogens (tertiary/aromatic N) is 5. The van der Waals surface area contributed by atoms with Crippen LogP contribution in [0.5, 0.6) is 0 Å². The van der Waals surface area contributed by atoms with Gasteiger partial charge in [-0.1, -0.05) is 19.1 Å². The number of hydrogen-bond acceptors (Lipinski definition) is 6. The van der Waals surface area contributed by atoms with Gasteiger partial charge in [-0.2, -0.15) is 0 Å². The van der Waals surface area contributed by atoms with Crippen molar-refractivity contribution in [2.24, 2.45) is 5.92 Å². The topological polar surface area (TPSA) is 92.6 Å². The number of fused-ring (bicyclic) bond motifs is 1. The number of aryl methyl sites for hydroxylation is 3. The number of carbonyl (C=O) groups excluding carboxylic acids is 2. The summed E-state index contributed by atoms with van der Waals surface area (Å²) >= 11 is 0. The lowest BCUT2D eigenvalue weighted by atomic mass is 9.85. The van der Waals surface area contributed by atoms with Crippen LogP contribution in [0.2, 0.25) is 0 Å². The van der Waals surface area contributed by atoms with Gasteiger partial charge in [0.25, 0.3) is 0 Å². The number of aromatic nitrogens is 3. The zero-order valence-electron chi connectivity index (χ0n) is 26.1. The predicted molar refractivity (Wildman–Crippen MR) is 166 cm³/mol. The minimum Gasteiger partial charge on any atom is -0.444 e. The molecule has 1 saturated heterocycles. The summed E-state index contributed by atoms with van der Waals surface area (Å²) in [5, 5.41) is 3.70. The second-order valence-electron chi connectivity index (χ2n) is 12.9. The number of pyridine rings is 1. The molecule has 1 aliphatic carbocycles. The van der Waals surface area contributed by atoms with Crippen LogP contribution in [-0.2, 0) is 22.5 Å². The zero-order valence-corrected chi connectivity index (χ0v) is 26.1. The Kier molecular flexibility index (Phi) is 8.76. The maximum Gasteiger partial charge on any atom is 0.410 e. The minimum atomic E-state index is -0.510. The molecule has 1 aromatic carbocycles. The van der Waals surface area contributed by atoms with Crippen LogP contribution in [0.15, 0.2) is 30.3 Å². The standard InChI is InChI=1S/C33H46N6O3/c1-7-28-36-29-22(2)20-23(3)34-30(29)39(28)21-24-8-12-26(13-9-24)35-27-14-10-25(11-15-27)31(40)37-16-18-38(19-17-37)32(41)42-33(4,5)6/h8-9,12-13,20,25,27,35H,7,10-11,14-19,21H2,1-6H3/t25-,27-. The Hall–Kier alpha value is -3.62. The number of amides is 2. The fourth-order valence-corrected chi connectivity index (χ4v) is 6.19. The zero-order chi connectivity index (χ0) is 30.0. The Morgan fingerprint density at radius 2 is 1.60 bits per heavy atom. The summed E-state index contributed by atoms with van der Waals surface area (Å²) in [6.07, 6.45) is 4.29. The van der Waals surface area contributed by atoms with Gasteiger partial charge in [0, 0.05) is 55.9 Å². The van der Waals surface area contributed by atoms with Crippen LogP contribution in [0.3, 0.4) is 0 Å². The molecular formula is C33H46N6O3. The Morgan fingerprint density at radius 3 is 2.21 bits per heavy atom. The summed E-state index contributed by atoms with van der Waals surface area (Å²) in [7, 11) is 0. The molecule has 2 fully saturated rings. The third-order valence-electron chi connectivity index (χ3n) is 8.40. The van der Waals surface area contributed by atoms with Crippen LogP contribution in [0.4, 0.5) is 10.5 Å². The van der Waals surface area contributed by atoms with Gasteiger partial charge < -0.3 is 24.4 Å². The molecule has 0 bridgehead atoms. The highest BCUT2D eigenvalue weighted by atomic mass is 16.6. The lowest BCUT2D eigenvalue weighted by molar-refractivity contribution is -0.138. The summed E-state index contributed by atoms with van der Waals surface area (Å²) in [4.78, 5) is 38.9. The summed E-state index contributed by atoms with van der Waals surface area (Å²) in [5.74, 6) is 1.36. The molecule has 9 heteroatoms. The van der Waals surface area contributed by atoms with Crippen LogP contribution in [0.25, 0.3) is 11.2 Å². The molecule has 1 aliphatic heterocycles. The highest BCUT2D eigenvalue weighted by Crippen LogP contribution is 2.29. The molecule has 9 nitrogen and oxygen atoms in total. The minimum absolute atomic E-state index is 0.0668. The molecular weight excluding hydrogens is 528 g/mol. The molecule has 0 unspecified atom stereocenters. The van der Waals surface area contributed by atoms with E-state index in [0.717, 1.165) is 67.0 Å². The molecule has 1 N–H and O–H groups in total. The van der Waals surface area contributed by atoms with Crippen molar-refractivity contribution in [2.45, 2.75) is 91.8 Å². The van der Waals surface area contributed by atoms with E-state index in [1.807, 2.05) is 32.6 Å². The Morgan fingerprint density at radius 1 is 0.952 bits per heavy atom. The second kappa shape index (κ2) is 12.3. The van der Waals surface area contributed by atoms with Crippen LogP contribution in [0.1, 0.15) is 76.0 Å². The number of hydrogen-bond donors (Lipinski definition) is 1. The maximum absolute atomic E-state index is 13.2. The average molecular weight is 575 g/mol. The van der Waals surface area contributed by atoms with Crippen LogP contribution >= 0.6 is 0 Å². The summed E-state index contributed by atoms with van der Waals surface area (Å²) in [5.41, 5.74) is 5.96. The maximum atomic E-state index is 13.2. The Balaban J connectivity index is 1.11. The summed E-state index contributed by atoms with van der Waals surface area (Å²) < 4.78 is 7.73. The monoisotopic (exact) mass is 574 g/mol. The molecule has 0 spiro atoms. The molecule has 3 aromatic rings. The molecule has 2 aromatic heterocycles. The van der Waals surface area contributed by atoms with E-state index in [0.29, 0.717) is 32.2 Å². The summed E-state index contributed by atoms with van der Waals surface area (Å²) in [6.45, 7) is 14.8. The number of anilines is 1. The number of imidazole rings is 1. The smallest absolute Gasteiger partial charge is 0.410 e. The quantitative estimate of drug-likeness (QED) is 0.406. The largest absolute Gasteiger partial charge is 0.444 e. The molecule has 42 heavy (non-hydrogen) atoms. The van der Waals surface area contributed by atoms with Crippen molar-refractivity contribution in [3.63, 3.8) is 0 Å². The van der Waals surface area contributed by atoms with Gasteiger partial charge in [0.15, 0.2) is 5.65 Å². The van der Waals surface area contributed by atoms with Gasteiger partial charge in [-0.3, -0.25) is 4.79 Å². The van der Waals surface area contributed by atoms with Crippen LogP contribution in [0, 0.1) is 19.8 Å². The number of rotatable bonds is 6. The van der Waals surface area contributed by atoms with Crippen molar-refractivity contribution in [1.82, 2.24) is 24.3 Å². The molecule has 2 amide bonds. The molecule has 226 valence electrons. The fourth-order valence-electron chi connectivity index (χ4n) is 6.19. The average Bonchev–Trinajstić information content (AvgIpc) is 3.30. The molecule has 1 saturated carbocycles. The van der Waals surface area contributed by atoms with Gasteiger partial charge in [-0.25, -0.2) is 14.8 Å². The third-order valence-corrected chi connectivity index (χ3v) is 8.40. The fraction of sp³-hybridized carbons (Fsp3) is 0.576. The number of benzene rings is 1. The van der Waals surface area contributed by atoms with E-state index in [1.54, 1.807) is 4.90 Å². The first-order valence-corrected chi connectivity index (χ1v) is 15.5. The number of nitrogens with one attached hydrogen (secondary N) is 1. The molecule has 0 atom stereocenters. The van der Waals surface area contributed by atoms with Crippen molar-refractivity contribution in [1.29, 1.82) is 0 Å². The van der Waals surface area contributed by atoms with Crippen LogP contribution < -0.4 is 5.32 Å². The number of ether oxygens (including phenoxy) is 1. The van der Waals surface area contributed by atoms with E-state index in [9.17, 15) is 9.59 Å². The Labute approximate surface area is 249 Å². The lowest BCUT2D eigenvalue weighted by Gasteiger charge is -2.38. The highest BCUT2D eigenvalue weighted by Gasteiger charge is 2.33. The van der Waals surface area contributed by atoms with Crippen molar-refractivity contribution in [2.75, 3.05) is 31.5 Å². The lowest BCUT2D eigenvalue weighted by Crippen LogP contribution is -2.53. The van der Waals surface area contributed by atoms with E-state index >= 15 is 0 Å². The molecule has 3 heterocycles. The molecule has 2 aliphatic rings. The first kappa shape index (κ1) is 29.9. The molecule has 5 rings (SSSR count). The number of carbonyl (C=O) groups is 2. The molecule has 0 radical (unpaired) electrons. The third kappa shape index (κ3) is 6.88. The van der Waals surface area contributed by atoms with E-state index in [4.69, 9.17) is 14.7 Å². The van der Waals surface area contributed by atoms with Crippen molar-refractivity contribution >= 4 is 28.9 Å². The van der Waals surface area contributed by atoms with E-state index < -0.39 is 5.60 Å². The van der Waals surface area contributed by atoms with Gasteiger partial charge >= 0.3 is 6.09 Å². The normalized spacial score (nSPS) is 19.7. The van der Waals surface area contributed by atoms with Crippen molar-refractivity contribution in [3.8, 4) is 0 Å². The second-order valence-corrected chi connectivity index (χ2v) is 12.9. The first-order chi connectivity index (χ1) is 20.0. The van der Waals surface area contributed by atoms with Gasteiger partial charge in [-0.05, 0) is 89.6 Å². The summed E-state index contributed by atoms with van der Waals surface area (Å²) in [6, 6.07) is 11.1. The van der Waals surface area contributed by atoms with Crippen LogP contribution in [-0.4, -0.2) is 74.2 Å². The highest BCUT2D eigenvalue weighted by molar-refractivity contribution is 5.79. The predicted octanol–water partition coefficient (Wildman–Crippen LogP) is 5.71. The van der Waals surface area contributed by atoms with E-state index in [1.165, 1.54) is 11.1 Å². The SMILES string of the molecule is CCc1nc2c(C)cc(C)nc2n1Cc1ccc(N[C@H]2CC[C@H](C(=O)N3CCN(C(=O)OC(C)(C)C)CC3)CC2)cc1. The van der Waals surface area contributed by atoms with E-state index in [2.05, 4.69) is 54.1 Å². The van der Waals surface area contributed by atoms with Gasteiger partial charge in [0.05, 0.1) is 6.54 Å².